The summed E-state index contributed by atoms with van der Waals surface area (Å²) < 4.78 is 25.1. The molecule has 1 heterocycles. The van der Waals surface area contributed by atoms with Gasteiger partial charge < -0.3 is 29.9 Å². The molecule has 0 unspecified atom stereocenters. The molecule has 10 nitrogen and oxygen atoms in total. The van der Waals surface area contributed by atoms with Gasteiger partial charge in [0.05, 0.1) is 6.54 Å². The maximum absolute atomic E-state index is 14.7. The molecule has 2 aromatic carbocycles. The average Bonchev–Trinajstić information content (AvgIpc) is 2.89. The Morgan fingerprint density at radius 2 is 1.57 bits per heavy atom. The van der Waals surface area contributed by atoms with Crippen LogP contribution in [0.15, 0.2) is 48.5 Å². The Morgan fingerprint density at radius 3 is 2.15 bits per heavy atom. The smallest absolute Gasteiger partial charge is 0.414 e. The summed E-state index contributed by atoms with van der Waals surface area (Å²) in [5.41, 5.74) is 2.13. The summed E-state index contributed by atoms with van der Waals surface area (Å²) in [6, 6.07) is 13.9. The second-order valence-corrected chi connectivity index (χ2v) is 11.0. The van der Waals surface area contributed by atoms with Crippen molar-refractivity contribution in [1.82, 2.24) is 20.2 Å². The molecule has 0 bridgehead atoms. The van der Waals surface area contributed by atoms with Crippen LogP contribution < -0.4 is 15.4 Å². The van der Waals surface area contributed by atoms with E-state index in [1.807, 2.05) is 45.0 Å². The normalized spacial score (nSPS) is 13.8. The number of ether oxygens (including phenoxy) is 2. The molecule has 0 spiro atoms. The van der Waals surface area contributed by atoms with Gasteiger partial charge in [-0.3, -0.25) is 0 Å². The monoisotopic (exact) mass is 557 g/mol. The number of carbonyl (C=O) groups excluding carboxylic acids is 3. The van der Waals surface area contributed by atoms with Gasteiger partial charge in [0.1, 0.15) is 11.4 Å². The van der Waals surface area contributed by atoms with E-state index in [1.54, 1.807) is 38.4 Å². The Kier molecular flexibility index (Phi) is 10.6. The van der Waals surface area contributed by atoms with Crippen LogP contribution in [-0.4, -0.2) is 78.5 Å². The lowest BCUT2D eigenvalue weighted by atomic mass is 10.0. The summed E-state index contributed by atoms with van der Waals surface area (Å²) in [5.74, 6) is 0.346. The van der Waals surface area contributed by atoms with Gasteiger partial charge in [-0.05, 0) is 75.4 Å². The van der Waals surface area contributed by atoms with E-state index in [0.717, 1.165) is 11.3 Å². The molecular weight excluding hydrogens is 517 g/mol. The van der Waals surface area contributed by atoms with Crippen LogP contribution in [0.1, 0.15) is 44.7 Å². The van der Waals surface area contributed by atoms with Crippen molar-refractivity contribution in [3.63, 3.8) is 0 Å². The van der Waals surface area contributed by atoms with Crippen LogP contribution in [0, 0.1) is 0 Å². The van der Waals surface area contributed by atoms with Gasteiger partial charge in [0.15, 0.2) is 0 Å². The Balaban J connectivity index is 1.38. The van der Waals surface area contributed by atoms with Crippen molar-refractivity contribution in [2.24, 2.45) is 0 Å². The third kappa shape index (κ3) is 9.94. The fourth-order valence-electron chi connectivity index (χ4n) is 4.08. The second-order valence-electron chi connectivity index (χ2n) is 11.0. The molecule has 2 aromatic rings. The first kappa shape index (κ1) is 30.5. The van der Waals surface area contributed by atoms with Gasteiger partial charge in [-0.25, -0.2) is 14.4 Å². The van der Waals surface area contributed by atoms with Crippen molar-refractivity contribution in [2.45, 2.75) is 58.2 Å². The first-order chi connectivity index (χ1) is 18.9. The summed E-state index contributed by atoms with van der Waals surface area (Å²) in [4.78, 5) is 38.9. The molecule has 0 radical (unpaired) electrons. The molecule has 0 aliphatic carbocycles. The van der Waals surface area contributed by atoms with Crippen molar-refractivity contribution < 1.29 is 28.3 Å². The largest absolute Gasteiger partial charge is 0.444 e. The Labute approximate surface area is 235 Å². The molecule has 4 amide bonds. The summed E-state index contributed by atoms with van der Waals surface area (Å²) in [7, 11) is 3.16. The Hall–Kier alpha value is -4.02. The van der Waals surface area contributed by atoms with Crippen LogP contribution in [0.5, 0.6) is 5.75 Å². The molecule has 0 saturated carbocycles. The van der Waals surface area contributed by atoms with Crippen molar-refractivity contribution >= 4 is 23.9 Å². The fraction of sp³-hybridized carbons (Fsp3) is 0.483. The van der Waals surface area contributed by atoms with Gasteiger partial charge in [-0.15, -0.1) is 0 Å². The number of halogens is 1. The number of nitrogens with zero attached hydrogens (tertiary/aromatic N) is 3. The number of hydrogen-bond donors (Lipinski definition) is 2. The van der Waals surface area contributed by atoms with E-state index >= 15 is 0 Å². The Morgan fingerprint density at radius 1 is 0.975 bits per heavy atom. The van der Waals surface area contributed by atoms with Crippen molar-refractivity contribution in [2.75, 3.05) is 39.0 Å². The van der Waals surface area contributed by atoms with Gasteiger partial charge in [-0.1, -0.05) is 28.7 Å². The molecule has 1 aliphatic heterocycles. The third-order valence-corrected chi connectivity index (χ3v) is 6.19. The standard InChI is InChI=1S/C29H40FN5O5/c1-29(2,3)40-26(36)31-17-14-21-6-10-23(11-7-21)32-24-15-18-34(19-16-24)27(37)35(30)20-22-8-12-25(13-9-22)39-28(38)33(4)5/h6-13,24,32H,14-20H2,1-5H3,(H,31,36). The van der Waals surface area contributed by atoms with E-state index in [2.05, 4.69) is 10.6 Å². The number of piperidine rings is 1. The molecule has 1 saturated heterocycles. The molecule has 3 rings (SSSR count). The highest BCUT2D eigenvalue weighted by Crippen LogP contribution is 2.20. The highest BCUT2D eigenvalue weighted by atomic mass is 19.2. The fourth-order valence-corrected chi connectivity index (χ4v) is 4.08. The summed E-state index contributed by atoms with van der Waals surface area (Å²) in [5, 5.41) is 6.46. The first-order valence-electron chi connectivity index (χ1n) is 13.4. The van der Waals surface area contributed by atoms with E-state index in [1.165, 1.54) is 9.80 Å². The van der Waals surface area contributed by atoms with Gasteiger partial charge in [-0.2, -0.15) is 5.12 Å². The number of likely N-dealkylation sites (tertiary alicyclic amines) is 1. The van der Waals surface area contributed by atoms with Crippen molar-refractivity contribution in [1.29, 1.82) is 0 Å². The van der Waals surface area contributed by atoms with Gasteiger partial charge in [0.2, 0.25) is 0 Å². The number of alkyl carbamates (subject to hydrolysis) is 1. The number of amides is 4. The molecule has 218 valence electrons. The van der Waals surface area contributed by atoms with Crippen LogP contribution in [-0.2, 0) is 17.7 Å². The van der Waals surface area contributed by atoms with Gasteiger partial charge >= 0.3 is 18.2 Å². The van der Waals surface area contributed by atoms with Crippen LogP contribution in [0.4, 0.5) is 24.6 Å². The van der Waals surface area contributed by atoms with Crippen LogP contribution in [0.2, 0.25) is 0 Å². The van der Waals surface area contributed by atoms with E-state index < -0.39 is 23.8 Å². The predicted molar refractivity (Wildman–Crippen MR) is 151 cm³/mol. The maximum atomic E-state index is 14.7. The zero-order valence-corrected chi connectivity index (χ0v) is 23.9. The number of benzene rings is 2. The highest BCUT2D eigenvalue weighted by molar-refractivity contribution is 5.73. The molecule has 0 aromatic heterocycles. The minimum absolute atomic E-state index is 0.175. The molecule has 11 heteroatoms. The predicted octanol–water partition coefficient (Wildman–Crippen LogP) is 5.20. The van der Waals surface area contributed by atoms with Crippen molar-refractivity contribution in [3.8, 4) is 5.75 Å². The van der Waals surface area contributed by atoms with E-state index in [0.29, 0.717) is 50.2 Å². The summed E-state index contributed by atoms with van der Waals surface area (Å²) >= 11 is 0. The number of urea groups is 1. The average molecular weight is 558 g/mol. The number of hydrogen-bond acceptors (Lipinski definition) is 6. The molecule has 0 atom stereocenters. The number of anilines is 1. The van der Waals surface area contributed by atoms with Gasteiger partial charge in [0.25, 0.3) is 0 Å². The number of nitrogens with one attached hydrogen (secondary N) is 2. The zero-order valence-electron chi connectivity index (χ0n) is 23.9. The topological polar surface area (TPSA) is 103 Å². The SMILES string of the molecule is CN(C)C(=O)Oc1ccc(CN(F)C(=O)N2CCC(Nc3ccc(CCNC(=O)OC(C)(C)C)cc3)CC2)cc1. The van der Waals surface area contributed by atoms with Crippen LogP contribution >= 0.6 is 0 Å². The zero-order chi connectivity index (χ0) is 29.3. The van der Waals surface area contributed by atoms with Crippen LogP contribution in [0.25, 0.3) is 0 Å². The first-order valence-corrected chi connectivity index (χ1v) is 13.4. The molecule has 1 fully saturated rings. The minimum atomic E-state index is -0.661. The lowest BCUT2D eigenvalue weighted by molar-refractivity contribution is 0.0302. The Bertz CT molecular complexity index is 1130. The number of carbonyl (C=O) groups is 3. The quantitative estimate of drug-likeness (QED) is 0.433. The minimum Gasteiger partial charge on any atom is -0.444 e. The second kappa shape index (κ2) is 13.9. The molecule has 2 N–H and O–H groups in total. The van der Waals surface area contributed by atoms with E-state index in [-0.39, 0.29) is 17.7 Å². The van der Waals surface area contributed by atoms with E-state index in [9.17, 15) is 18.9 Å². The molecule has 40 heavy (non-hydrogen) atoms. The maximum Gasteiger partial charge on any atom is 0.414 e. The van der Waals surface area contributed by atoms with Crippen molar-refractivity contribution in [3.05, 3.63) is 59.7 Å². The lowest BCUT2D eigenvalue weighted by Crippen LogP contribution is -2.46. The lowest BCUT2D eigenvalue weighted by Gasteiger charge is -2.33. The molecule has 1 aliphatic rings. The van der Waals surface area contributed by atoms with E-state index in [4.69, 9.17) is 9.47 Å². The molecular formula is C29H40FN5O5. The summed E-state index contributed by atoms with van der Waals surface area (Å²) in [6.45, 7) is 6.66. The summed E-state index contributed by atoms with van der Waals surface area (Å²) in [6.07, 6.45) is 1.16. The third-order valence-electron chi connectivity index (χ3n) is 6.19. The highest BCUT2D eigenvalue weighted by Gasteiger charge is 2.27. The van der Waals surface area contributed by atoms with Crippen LogP contribution in [0.3, 0.4) is 0 Å². The van der Waals surface area contributed by atoms with Gasteiger partial charge in [0, 0.05) is 45.5 Å². The number of rotatable bonds is 8.